The van der Waals surface area contributed by atoms with Crippen molar-refractivity contribution in [1.29, 1.82) is 0 Å². The molecule has 1 saturated heterocycles. The van der Waals surface area contributed by atoms with E-state index in [1.54, 1.807) is 7.11 Å². The molecule has 2 atom stereocenters. The smallest absolute Gasteiger partial charge is 0.106 e. The van der Waals surface area contributed by atoms with Crippen LogP contribution in [-0.2, 0) is 9.57 Å². The van der Waals surface area contributed by atoms with Crippen LogP contribution in [0, 0.1) is 0 Å². The molecule has 0 saturated carbocycles. The zero-order valence-electron chi connectivity index (χ0n) is 12.7. The minimum absolute atomic E-state index is 0.108. The van der Waals surface area contributed by atoms with Crippen molar-refractivity contribution in [1.82, 2.24) is 0 Å². The van der Waals surface area contributed by atoms with Crippen LogP contribution in [-0.4, -0.2) is 25.0 Å². The summed E-state index contributed by atoms with van der Waals surface area (Å²) >= 11 is 12.3. The number of fused-ring (bicyclic) bond motifs is 2. The molecule has 2 heterocycles. The number of hydrogen-bond acceptors (Lipinski definition) is 3. The predicted octanol–water partition coefficient (Wildman–Crippen LogP) is 5.11. The molecular weight excluding hydrogens is 321 g/mol. The van der Waals surface area contributed by atoms with Crippen molar-refractivity contribution in [2.24, 2.45) is 5.16 Å². The molecule has 0 amide bonds. The number of nitrogens with zero attached hydrogens (tertiary/aromatic N) is 1. The van der Waals surface area contributed by atoms with Crippen LogP contribution in [0.1, 0.15) is 38.2 Å². The monoisotopic (exact) mass is 339 g/mol. The number of rotatable bonds is 4. The highest BCUT2D eigenvalue weighted by molar-refractivity contribution is 6.42. The Morgan fingerprint density at radius 3 is 2.82 bits per heavy atom. The van der Waals surface area contributed by atoms with E-state index in [0.717, 1.165) is 42.5 Å². The molecular formula is C17H19Cl2NO2. The largest absolute Gasteiger partial charge is 0.399 e. The summed E-state index contributed by atoms with van der Waals surface area (Å²) in [5, 5.41) is 5.37. The lowest BCUT2D eigenvalue weighted by atomic mass is 9.89. The topological polar surface area (TPSA) is 30.8 Å². The molecule has 0 N–H and O–H groups in total. The van der Waals surface area contributed by atoms with Gasteiger partial charge in [-0.05, 0) is 49.0 Å². The molecule has 1 aromatic carbocycles. The Labute approximate surface area is 140 Å². The third-order valence-electron chi connectivity index (χ3n) is 4.30. The van der Waals surface area contributed by atoms with E-state index in [1.807, 2.05) is 18.2 Å². The summed E-state index contributed by atoms with van der Waals surface area (Å²) in [7, 11) is 1.58. The third kappa shape index (κ3) is 2.90. The van der Waals surface area contributed by atoms with Gasteiger partial charge in [-0.3, -0.25) is 0 Å². The molecule has 118 valence electrons. The highest BCUT2D eigenvalue weighted by atomic mass is 35.5. The summed E-state index contributed by atoms with van der Waals surface area (Å²) in [5.74, 6) is 0. The second kappa shape index (κ2) is 6.61. The van der Waals surface area contributed by atoms with Gasteiger partial charge in [-0.25, -0.2) is 0 Å². The average molecular weight is 340 g/mol. The van der Waals surface area contributed by atoms with E-state index >= 15 is 0 Å². The fourth-order valence-corrected chi connectivity index (χ4v) is 3.63. The summed E-state index contributed by atoms with van der Waals surface area (Å²) in [5.41, 5.74) is 4.47. The molecule has 0 radical (unpaired) electrons. The Hall–Kier alpha value is -1.03. The van der Waals surface area contributed by atoms with Crippen LogP contribution >= 0.6 is 23.2 Å². The van der Waals surface area contributed by atoms with Crippen molar-refractivity contribution in [2.45, 2.75) is 44.8 Å². The first-order valence-electron chi connectivity index (χ1n) is 7.58. The zero-order valence-corrected chi connectivity index (χ0v) is 14.2. The van der Waals surface area contributed by atoms with E-state index in [1.165, 1.54) is 5.57 Å². The van der Waals surface area contributed by atoms with E-state index in [9.17, 15) is 0 Å². The van der Waals surface area contributed by atoms with Gasteiger partial charge in [-0.1, -0.05) is 41.3 Å². The lowest BCUT2D eigenvalue weighted by molar-refractivity contribution is 0.0628. The molecule has 1 fully saturated rings. The number of halogens is 2. The number of ether oxygens (including phenoxy) is 1. The molecule has 22 heavy (non-hydrogen) atoms. The van der Waals surface area contributed by atoms with Crippen molar-refractivity contribution in [3.8, 4) is 0 Å². The minimum atomic E-state index is 0.108. The molecule has 1 unspecified atom stereocenters. The number of benzene rings is 1. The molecule has 1 aromatic rings. The van der Waals surface area contributed by atoms with Gasteiger partial charge in [-0.15, -0.1) is 0 Å². The maximum atomic E-state index is 6.20. The maximum Gasteiger partial charge on any atom is 0.106 e. The van der Waals surface area contributed by atoms with Gasteiger partial charge in [0.15, 0.2) is 0 Å². The lowest BCUT2D eigenvalue weighted by Gasteiger charge is -2.28. The van der Waals surface area contributed by atoms with Crippen LogP contribution in [0.4, 0.5) is 0 Å². The Balaban J connectivity index is 2.13. The first-order chi connectivity index (χ1) is 10.6. The first-order valence-corrected chi connectivity index (χ1v) is 8.34. The molecule has 0 aliphatic carbocycles. The minimum Gasteiger partial charge on any atom is -0.399 e. The molecule has 0 aromatic heterocycles. The van der Waals surface area contributed by atoms with Crippen LogP contribution in [0.2, 0.25) is 10.0 Å². The number of oxime groups is 1. The molecule has 3 nitrogen and oxygen atoms in total. The zero-order chi connectivity index (χ0) is 15.7. The highest BCUT2D eigenvalue weighted by Crippen LogP contribution is 2.42. The van der Waals surface area contributed by atoms with Gasteiger partial charge in [-0.2, -0.15) is 0 Å². The third-order valence-corrected chi connectivity index (χ3v) is 5.04. The van der Waals surface area contributed by atoms with Crippen molar-refractivity contribution in [2.75, 3.05) is 7.11 Å². The molecule has 0 spiro atoms. The van der Waals surface area contributed by atoms with Crippen molar-refractivity contribution in [3.05, 3.63) is 39.4 Å². The van der Waals surface area contributed by atoms with Gasteiger partial charge in [0.1, 0.15) is 7.11 Å². The molecule has 2 aliphatic heterocycles. The standard InChI is InChI=1S/C17H19Cl2NO2/c1-3-15(20-21-2)17-12(9-11-5-7-16(17)22-11)10-4-6-13(18)14(19)8-10/h4,6,8,11,16H,3,5,7,9H2,1-2H3/t11?,16-/m0/s1. The average Bonchev–Trinajstić information content (AvgIpc) is 2.90. The Bertz CT molecular complexity index is 640. The van der Waals surface area contributed by atoms with Crippen LogP contribution in [0.5, 0.6) is 0 Å². The van der Waals surface area contributed by atoms with Gasteiger partial charge >= 0.3 is 0 Å². The Morgan fingerprint density at radius 2 is 2.14 bits per heavy atom. The van der Waals surface area contributed by atoms with E-state index < -0.39 is 0 Å². The number of hydrogen-bond donors (Lipinski definition) is 0. The van der Waals surface area contributed by atoms with E-state index in [0.29, 0.717) is 16.1 Å². The second-order valence-electron chi connectivity index (χ2n) is 5.62. The summed E-state index contributed by atoms with van der Waals surface area (Å²) in [6.45, 7) is 2.08. The quantitative estimate of drug-likeness (QED) is 0.563. The van der Waals surface area contributed by atoms with Gasteiger partial charge in [0.2, 0.25) is 0 Å². The van der Waals surface area contributed by atoms with Crippen LogP contribution in [0.25, 0.3) is 5.57 Å². The Morgan fingerprint density at radius 1 is 1.32 bits per heavy atom. The normalized spacial score (nSPS) is 24.8. The van der Waals surface area contributed by atoms with E-state index in [2.05, 4.69) is 12.1 Å². The summed E-state index contributed by atoms with van der Waals surface area (Å²) in [4.78, 5) is 5.03. The van der Waals surface area contributed by atoms with Crippen LogP contribution < -0.4 is 0 Å². The molecule has 2 bridgehead atoms. The first kappa shape index (κ1) is 15.9. The molecule has 3 rings (SSSR count). The second-order valence-corrected chi connectivity index (χ2v) is 6.44. The fraction of sp³-hybridized carbons (Fsp3) is 0.471. The van der Waals surface area contributed by atoms with Crippen molar-refractivity contribution < 1.29 is 9.57 Å². The molecule has 5 heteroatoms. The van der Waals surface area contributed by atoms with Gasteiger partial charge in [0.05, 0.1) is 28.0 Å². The van der Waals surface area contributed by atoms with Crippen molar-refractivity contribution in [3.63, 3.8) is 0 Å². The summed E-state index contributed by atoms with van der Waals surface area (Å²) in [6, 6.07) is 5.80. The Kier molecular flexibility index (Phi) is 4.76. The van der Waals surface area contributed by atoms with Crippen LogP contribution in [0.3, 0.4) is 0 Å². The lowest BCUT2D eigenvalue weighted by Crippen LogP contribution is -2.26. The van der Waals surface area contributed by atoms with Gasteiger partial charge < -0.3 is 9.57 Å². The fourth-order valence-electron chi connectivity index (χ4n) is 3.33. The SMILES string of the molecule is CCC(=NOC)C1=C(c2ccc(Cl)c(Cl)c2)CC2CC[C@@H]1O2. The summed E-state index contributed by atoms with van der Waals surface area (Å²) < 4.78 is 6.09. The van der Waals surface area contributed by atoms with Gasteiger partial charge in [0.25, 0.3) is 0 Å². The highest BCUT2D eigenvalue weighted by Gasteiger charge is 2.37. The predicted molar refractivity (Wildman–Crippen MR) is 90.6 cm³/mol. The summed E-state index contributed by atoms with van der Waals surface area (Å²) in [6.07, 6.45) is 4.21. The van der Waals surface area contributed by atoms with Gasteiger partial charge in [0, 0.05) is 5.57 Å². The van der Waals surface area contributed by atoms with Crippen LogP contribution in [0.15, 0.2) is 28.9 Å². The molecule has 2 aliphatic rings. The maximum absolute atomic E-state index is 6.20. The van der Waals surface area contributed by atoms with E-state index in [-0.39, 0.29) is 6.10 Å². The van der Waals surface area contributed by atoms with Crippen molar-refractivity contribution >= 4 is 34.5 Å². The van der Waals surface area contributed by atoms with E-state index in [4.69, 9.17) is 32.8 Å².